The molecule has 6 nitrogen and oxygen atoms in total. The maximum atomic E-state index is 10.9. The Bertz CT molecular complexity index is 543. The average molecular weight is 231 g/mol. The van der Waals surface area contributed by atoms with Crippen LogP contribution in [0.4, 0.5) is 0 Å². The monoisotopic (exact) mass is 231 g/mol. The number of pyridine rings is 1. The summed E-state index contributed by atoms with van der Waals surface area (Å²) in [6, 6.07) is 4.73. The van der Waals surface area contributed by atoms with Crippen LogP contribution < -0.4 is 4.74 Å². The van der Waals surface area contributed by atoms with Crippen molar-refractivity contribution in [1.82, 2.24) is 15.0 Å². The molecule has 0 saturated carbocycles. The molecule has 2 aromatic rings. The Hall–Kier alpha value is -2.50. The summed E-state index contributed by atoms with van der Waals surface area (Å²) in [5.41, 5.74) is 0.518. The number of nitrogens with zero attached hydrogens (tertiary/aromatic N) is 3. The fraction of sp³-hybridized carbons (Fsp3) is 0.0909. The predicted molar refractivity (Wildman–Crippen MR) is 58.8 cm³/mol. The minimum absolute atomic E-state index is 0.115. The number of aromatic carboxylic acids is 1. The summed E-state index contributed by atoms with van der Waals surface area (Å²) in [6.07, 6.45) is 3.17. The summed E-state index contributed by atoms with van der Waals surface area (Å²) in [5.74, 6) is -0.651. The van der Waals surface area contributed by atoms with Gasteiger partial charge in [-0.1, -0.05) is 0 Å². The molecule has 2 aromatic heterocycles. The second-order valence-electron chi connectivity index (χ2n) is 3.17. The molecule has 17 heavy (non-hydrogen) atoms. The third-order valence-electron chi connectivity index (χ3n) is 2.05. The van der Waals surface area contributed by atoms with Gasteiger partial charge >= 0.3 is 5.97 Å². The molecule has 0 spiro atoms. The summed E-state index contributed by atoms with van der Waals surface area (Å²) in [4.78, 5) is 22.8. The minimum atomic E-state index is -1.13. The lowest BCUT2D eigenvalue weighted by molar-refractivity contribution is 0.0690. The van der Waals surface area contributed by atoms with Crippen LogP contribution in [0.3, 0.4) is 0 Å². The summed E-state index contributed by atoms with van der Waals surface area (Å²) in [6.45, 7) is 0. The van der Waals surface area contributed by atoms with Crippen LogP contribution >= 0.6 is 0 Å². The number of carbonyl (C=O) groups is 1. The molecule has 2 heterocycles. The van der Waals surface area contributed by atoms with Crippen LogP contribution in [0.5, 0.6) is 5.88 Å². The van der Waals surface area contributed by atoms with Crippen molar-refractivity contribution >= 4 is 5.97 Å². The molecule has 0 fully saturated rings. The number of hydrogen-bond donors (Lipinski definition) is 1. The van der Waals surface area contributed by atoms with E-state index in [2.05, 4.69) is 15.0 Å². The summed E-state index contributed by atoms with van der Waals surface area (Å²) in [7, 11) is 1.42. The molecule has 86 valence electrons. The quantitative estimate of drug-likeness (QED) is 0.855. The number of carboxylic acids is 1. The zero-order valence-electron chi connectivity index (χ0n) is 8.99. The highest BCUT2D eigenvalue weighted by atomic mass is 16.5. The lowest BCUT2D eigenvalue weighted by Gasteiger charge is -2.04. The molecule has 0 radical (unpaired) electrons. The molecule has 0 aliphatic heterocycles. The summed E-state index contributed by atoms with van der Waals surface area (Å²) >= 11 is 0. The fourth-order valence-electron chi connectivity index (χ4n) is 1.26. The summed E-state index contributed by atoms with van der Waals surface area (Å²) < 4.78 is 4.93. The van der Waals surface area contributed by atoms with Crippen LogP contribution in [0.1, 0.15) is 10.5 Å². The molecule has 0 unspecified atom stereocenters. The molecule has 0 aliphatic carbocycles. The van der Waals surface area contributed by atoms with Gasteiger partial charge in [-0.3, -0.25) is 4.98 Å². The number of carboxylic acid groups (broad SMARTS) is 1. The zero-order valence-corrected chi connectivity index (χ0v) is 8.99. The molecule has 0 bridgehead atoms. The second kappa shape index (κ2) is 4.56. The standard InChI is InChI=1S/C11H9N3O3/c1-17-9-5-8(11(15)16)13-10(14-9)7-3-2-4-12-6-7/h2-6H,1H3,(H,15,16). The number of ether oxygens (including phenoxy) is 1. The molecule has 1 N–H and O–H groups in total. The van der Waals surface area contributed by atoms with Gasteiger partial charge in [0.2, 0.25) is 5.88 Å². The van der Waals surface area contributed by atoms with Gasteiger partial charge < -0.3 is 9.84 Å². The van der Waals surface area contributed by atoms with E-state index in [4.69, 9.17) is 9.84 Å². The first-order chi connectivity index (χ1) is 8.20. The van der Waals surface area contributed by atoms with Gasteiger partial charge in [0.1, 0.15) is 0 Å². The van der Waals surface area contributed by atoms with Crippen LogP contribution in [-0.2, 0) is 0 Å². The van der Waals surface area contributed by atoms with E-state index in [1.807, 2.05) is 0 Å². The molecule has 2 rings (SSSR count). The van der Waals surface area contributed by atoms with E-state index in [-0.39, 0.29) is 17.4 Å². The van der Waals surface area contributed by atoms with Gasteiger partial charge in [0.25, 0.3) is 0 Å². The van der Waals surface area contributed by atoms with Gasteiger partial charge in [0, 0.05) is 24.0 Å². The normalized spacial score (nSPS) is 9.94. The molecule has 0 amide bonds. The highest BCUT2D eigenvalue weighted by molar-refractivity contribution is 5.86. The van der Waals surface area contributed by atoms with Crippen molar-refractivity contribution < 1.29 is 14.6 Å². The van der Waals surface area contributed by atoms with Crippen LogP contribution in [0.15, 0.2) is 30.6 Å². The number of aromatic nitrogens is 3. The van der Waals surface area contributed by atoms with E-state index in [0.717, 1.165) is 0 Å². The smallest absolute Gasteiger partial charge is 0.354 e. The summed E-state index contributed by atoms with van der Waals surface area (Å²) in [5, 5.41) is 8.91. The largest absolute Gasteiger partial charge is 0.481 e. The number of hydrogen-bond acceptors (Lipinski definition) is 5. The van der Waals surface area contributed by atoms with Crippen molar-refractivity contribution in [2.75, 3.05) is 7.11 Å². The highest BCUT2D eigenvalue weighted by Crippen LogP contribution is 2.17. The van der Waals surface area contributed by atoms with Gasteiger partial charge in [-0.05, 0) is 12.1 Å². The van der Waals surface area contributed by atoms with E-state index in [0.29, 0.717) is 5.56 Å². The molecular weight excluding hydrogens is 222 g/mol. The van der Waals surface area contributed by atoms with Gasteiger partial charge in [-0.25, -0.2) is 9.78 Å². The Kier molecular flexibility index (Phi) is 2.95. The lowest BCUT2D eigenvalue weighted by Crippen LogP contribution is -2.04. The molecular formula is C11H9N3O3. The van der Waals surface area contributed by atoms with Gasteiger partial charge in [0.05, 0.1) is 7.11 Å². The molecule has 0 aliphatic rings. The first kappa shape index (κ1) is 11.0. The van der Waals surface area contributed by atoms with Crippen molar-refractivity contribution in [2.45, 2.75) is 0 Å². The number of rotatable bonds is 3. The Balaban J connectivity index is 2.54. The Morgan fingerprint density at radius 1 is 1.41 bits per heavy atom. The van der Waals surface area contributed by atoms with E-state index in [1.54, 1.807) is 24.5 Å². The highest BCUT2D eigenvalue weighted by Gasteiger charge is 2.11. The van der Waals surface area contributed by atoms with Gasteiger partial charge in [-0.2, -0.15) is 4.98 Å². The van der Waals surface area contributed by atoms with Gasteiger partial charge in [0.15, 0.2) is 11.5 Å². The average Bonchev–Trinajstić information content (AvgIpc) is 2.39. The van der Waals surface area contributed by atoms with E-state index < -0.39 is 5.97 Å². The Labute approximate surface area is 96.9 Å². The van der Waals surface area contributed by atoms with Crippen molar-refractivity contribution in [3.8, 4) is 17.3 Å². The van der Waals surface area contributed by atoms with Crippen molar-refractivity contribution in [3.63, 3.8) is 0 Å². The SMILES string of the molecule is COc1cc(C(=O)O)nc(-c2cccnc2)n1. The first-order valence-electron chi connectivity index (χ1n) is 4.77. The van der Waals surface area contributed by atoms with Crippen LogP contribution in [0.2, 0.25) is 0 Å². The topological polar surface area (TPSA) is 85.2 Å². The minimum Gasteiger partial charge on any atom is -0.481 e. The molecule has 0 aromatic carbocycles. The van der Waals surface area contributed by atoms with E-state index in [1.165, 1.54) is 13.2 Å². The predicted octanol–water partition coefficient (Wildman–Crippen LogP) is 1.25. The fourth-order valence-corrected chi connectivity index (χ4v) is 1.26. The Morgan fingerprint density at radius 3 is 2.82 bits per heavy atom. The van der Waals surface area contributed by atoms with Crippen molar-refractivity contribution in [1.29, 1.82) is 0 Å². The zero-order chi connectivity index (χ0) is 12.3. The molecule has 6 heteroatoms. The Morgan fingerprint density at radius 2 is 2.24 bits per heavy atom. The maximum Gasteiger partial charge on any atom is 0.354 e. The third kappa shape index (κ3) is 2.36. The van der Waals surface area contributed by atoms with Crippen molar-refractivity contribution in [2.24, 2.45) is 0 Å². The lowest BCUT2D eigenvalue weighted by atomic mass is 10.2. The maximum absolute atomic E-state index is 10.9. The van der Waals surface area contributed by atoms with Crippen molar-refractivity contribution in [3.05, 3.63) is 36.3 Å². The third-order valence-corrected chi connectivity index (χ3v) is 2.05. The second-order valence-corrected chi connectivity index (χ2v) is 3.17. The molecule has 0 atom stereocenters. The molecule has 0 saturated heterocycles. The van der Waals surface area contributed by atoms with Crippen LogP contribution in [-0.4, -0.2) is 33.1 Å². The van der Waals surface area contributed by atoms with E-state index >= 15 is 0 Å². The first-order valence-corrected chi connectivity index (χ1v) is 4.77. The number of methoxy groups -OCH3 is 1. The van der Waals surface area contributed by atoms with Gasteiger partial charge in [-0.15, -0.1) is 0 Å². The van der Waals surface area contributed by atoms with Crippen LogP contribution in [0.25, 0.3) is 11.4 Å². The van der Waals surface area contributed by atoms with Crippen LogP contribution in [0, 0.1) is 0 Å². The van der Waals surface area contributed by atoms with E-state index in [9.17, 15) is 4.79 Å².